The van der Waals surface area contributed by atoms with Crippen molar-refractivity contribution in [1.29, 1.82) is 0 Å². The van der Waals surface area contributed by atoms with E-state index in [1.165, 1.54) is 0 Å². The third-order valence-electron chi connectivity index (χ3n) is 4.52. The number of rotatable bonds is 6. The standard InChI is InChI=1S/C19H23N3O3/c1-14(17-9-6-12-25-17)20-18(23)13-21(2)16-10-11-22(19(16)24)15-7-4-3-5-8-15/h3-9,12,14,16H,10-11,13H2,1-2H3,(H,20,23)/t14-,16-/m1/s1. The van der Waals surface area contributed by atoms with Crippen molar-refractivity contribution in [2.45, 2.75) is 25.4 Å². The number of hydrogen-bond donors (Lipinski definition) is 1. The number of anilines is 1. The van der Waals surface area contributed by atoms with Gasteiger partial charge in [0.15, 0.2) is 0 Å². The molecular weight excluding hydrogens is 318 g/mol. The summed E-state index contributed by atoms with van der Waals surface area (Å²) in [4.78, 5) is 28.5. The average molecular weight is 341 g/mol. The van der Waals surface area contributed by atoms with E-state index < -0.39 is 0 Å². The number of amides is 2. The summed E-state index contributed by atoms with van der Waals surface area (Å²) in [6.45, 7) is 2.71. The van der Waals surface area contributed by atoms with Gasteiger partial charge in [-0.25, -0.2) is 0 Å². The monoisotopic (exact) mass is 341 g/mol. The van der Waals surface area contributed by atoms with Gasteiger partial charge in [-0.1, -0.05) is 18.2 Å². The van der Waals surface area contributed by atoms with Crippen molar-refractivity contribution in [3.63, 3.8) is 0 Å². The molecule has 0 aliphatic carbocycles. The number of para-hydroxylation sites is 1. The first-order chi connectivity index (χ1) is 12.1. The maximum Gasteiger partial charge on any atom is 0.244 e. The fourth-order valence-electron chi connectivity index (χ4n) is 3.17. The molecule has 2 heterocycles. The Morgan fingerprint density at radius 3 is 2.76 bits per heavy atom. The molecule has 1 aromatic carbocycles. The van der Waals surface area contributed by atoms with Crippen molar-refractivity contribution >= 4 is 17.5 Å². The van der Waals surface area contributed by atoms with Crippen molar-refractivity contribution < 1.29 is 14.0 Å². The SMILES string of the molecule is C[C@@H](NC(=O)CN(C)[C@@H]1CCN(c2ccccc2)C1=O)c1ccco1. The van der Waals surface area contributed by atoms with Crippen LogP contribution >= 0.6 is 0 Å². The zero-order chi connectivity index (χ0) is 17.8. The predicted octanol–water partition coefficient (Wildman–Crippen LogP) is 2.19. The van der Waals surface area contributed by atoms with Crippen LogP contribution in [0.2, 0.25) is 0 Å². The van der Waals surface area contributed by atoms with Crippen LogP contribution in [0.15, 0.2) is 53.1 Å². The first-order valence-corrected chi connectivity index (χ1v) is 8.45. The van der Waals surface area contributed by atoms with Gasteiger partial charge in [0.2, 0.25) is 11.8 Å². The Morgan fingerprint density at radius 2 is 2.08 bits per heavy atom. The van der Waals surface area contributed by atoms with Gasteiger partial charge >= 0.3 is 0 Å². The Labute approximate surface area is 147 Å². The maximum absolute atomic E-state index is 12.7. The number of hydrogen-bond acceptors (Lipinski definition) is 4. The molecule has 1 saturated heterocycles. The van der Waals surface area contributed by atoms with Crippen LogP contribution < -0.4 is 10.2 Å². The molecule has 6 nitrogen and oxygen atoms in total. The Balaban J connectivity index is 1.55. The fraction of sp³-hybridized carbons (Fsp3) is 0.368. The second kappa shape index (κ2) is 7.53. The highest BCUT2D eigenvalue weighted by molar-refractivity contribution is 5.99. The van der Waals surface area contributed by atoms with E-state index in [4.69, 9.17) is 4.42 Å². The summed E-state index contributed by atoms with van der Waals surface area (Å²) in [5.41, 5.74) is 0.902. The molecular formula is C19H23N3O3. The van der Waals surface area contributed by atoms with E-state index in [1.54, 1.807) is 17.2 Å². The molecule has 2 amide bonds. The van der Waals surface area contributed by atoms with E-state index in [0.29, 0.717) is 18.7 Å². The average Bonchev–Trinajstić information content (AvgIpc) is 3.25. The van der Waals surface area contributed by atoms with Crippen LogP contribution in [-0.4, -0.2) is 42.9 Å². The lowest BCUT2D eigenvalue weighted by Crippen LogP contribution is -2.45. The molecule has 0 radical (unpaired) electrons. The van der Waals surface area contributed by atoms with Crippen LogP contribution in [0.25, 0.3) is 0 Å². The molecule has 132 valence electrons. The topological polar surface area (TPSA) is 65.8 Å². The molecule has 3 rings (SSSR count). The zero-order valence-electron chi connectivity index (χ0n) is 14.5. The second-order valence-electron chi connectivity index (χ2n) is 6.35. The van der Waals surface area contributed by atoms with Gasteiger partial charge in [-0.15, -0.1) is 0 Å². The van der Waals surface area contributed by atoms with Crippen LogP contribution in [0.5, 0.6) is 0 Å². The summed E-state index contributed by atoms with van der Waals surface area (Å²) in [5, 5.41) is 2.90. The Bertz CT molecular complexity index is 715. The molecule has 0 saturated carbocycles. The van der Waals surface area contributed by atoms with E-state index in [2.05, 4.69) is 5.32 Å². The zero-order valence-corrected chi connectivity index (χ0v) is 14.5. The van der Waals surface area contributed by atoms with Crippen molar-refractivity contribution in [2.24, 2.45) is 0 Å². The molecule has 1 N–H and O–H groups in total. The minimum Gasteiger partial charge on any atom is -0.467 e. The number of likely N-dealkylation sites (N-methyl/N-ethyl adjacent to an activating group) is 1. The molecule has 0 unspecified atom stereocenters. The normalized spacial score (nSPS) is 18.6. The van der Waals surface area contributed by atoms with Crippen molar-refractivity contribution in [3.8, 4) is 0 Å². The van der Waals surface area contributed by atoms with E-state index in [1.807, 2.05) is 55.3 Å². The number of nitrogens with zero attached hydrogens (tertiary/aromatic N) is 2. The van der Waals surface area contributed by atoms with Gasteiger partial charge in [0.1, 0.15) is 5.76 Å². The van der Waals surface area contributed by atoms with Gasteiger partial charge < -0.3 is 14.6 Å². The van der Waals surface area contributed by atoms with Gasteiger partial charge in [0.25, 0.3) is 0 Å². The number of carbonyl (C=O) groups excluding carboxylic acids is 2. The van der Waals surface area contributed by atoms with E-state index >= 15 is 0 Å². The van der Waals surface area contributed by atoms with Crippen molar-refractivity contribution in [3.05, 3.63) is 54.5 Å². The van der Waals surface area contributed by atoms with Gasteiger partial charge in [-0.2, -0.15) is 0 Å². The highest BCUT2D eigenvalue weighted by Gasteiger charge is 2.35. The van der Waals surface area contributed by atoms with Crippen LogP contribution in [0.4, 0.5) is 5.69 Å². The quantitative estimate of drug-likeness (QED) is 0.875. The predicted molar refractivity (Wildman–Crippen MR) is 95.1 cm³/mol. The lowest BCUT2D eigenvalue weighted by atomic mass is 10.2. The molecule has 1 aliphatic heterocycles. The van der Waals surface area contributed by atoms with Gasteiger partial charge in [0.05, 0.1) is 24.9 Å². The number of benzene rings is 1. The summed E-state index contributed by atoms with van der Waals surface area (Å²) in [7, 11) is 1.81. The van der Waals surface area contributed by atoms with Crippen LogP contribution in [-0.2, 0) is 9.59 Å². The van der Waals surface area contributed by atoms with Crippen LogP contribution in [0, 0.1) is 0 Å². The van der Waals surface area contributed by atoms with Crippen LogP contribution in [0.3, 0.4) is 0 Å². The number of nitrogens with one attached hydrogen (secondary N) is 1. The van der Waals surface area contributed by atoms with E-state index in [9.17, 15) is 9.59 Å². The molecule has 2 atom stereocenters. The van der Waals surface area contributed by atoms with E-state index in [-0.39, 0.29) is 30.4 Å². The Hall–Kier alpha value is -2.60. The Kier molecular flexibility index (Phi) is 5.19. The third kappa shape index (κ3) is 3.91. The summed E-state index contributed by atoms with van der Waals surface area (Å²) in [5.74, 6) is 0.626. The number of carbonyl (C=O) groups is 2. The lowest BCUT2D eigenvalue weighted by Gasteiger charge is -2.24. The summed E-state index contributed by atoms with van der Waals surface area (Å²) in [6, 6.07) is 12.8. The molecule has 25 heavy (non-hydrogen) atoms. The molecule has 1 aliphatic rings. The molecule has 0 bridgehead atoms. The first kappa shape index (κ1) is 17.2. The van der Waals surface area contributed by atoms with Gasteiger partial charge in [-0.05, 0) is 44.7 Å². The summed E-state index contributed by atoms with van der Waals surface area (Å²) in [6.07, 6.45) is 2.30. The lowest BCUT2D eigenvalue weighted by molar-refractivity contribution is -0.125. The largest absolute Gasteiger partial charge is 0.467 e. The second-order valence-corrected chi connectivity index (χ2v) is 6.35. The van der Waals surface area contributed by atoms with E-state index in [0.717, 1.165) is 5.69 Å². The van der Waals surface area contributed by atoms with Gasteiger partial charge in [-0.3, -0.25) is 14.5 Å². The first-order valence-electron chi connectivity index (χ1n) is 8.45. The highest BCUT2D eigenvalue weighted by Crippen LogP contribution is 2.23. The molecule has 1 fully saturated rings. The molecule has 0 spiro atoms. The van der Waals surface area contributed by atoms with Crippen molar-refractivity contribution in [2.75, 3.05) is 25.0 Å². The summed E-state index contributed by atoms with van der Waals surface area (Å²) >= 11 is 0. The van der Waals surface area contributed by atoms with Crippen molar-refractivity contribution in [1.82, 2.24) is 10.2 Å². The van der Waals surface area contributed by atoms with Gasteiger partial charge in [0, 0.05) is 12.2 Å². The number of furan rings is 1. The van der Waals surface area contributed by atoms with Crippen LogP contribution in [0.1, 0.15) is 25.1 Å². The minimum atomic E-state index is -0.273. The molecule has 2 aromatic rings. The smallest absolute Gasteiger partial charge is 0.244 e. The third-order valence-corrected chi connectivity index (χ3v) is 4.52. The minimum absolute atomic E-state index is 0.0422. The fourth-order valence-corrected chi connectivity index (χ4v) is 3.17. The summed E-state index contributed by atoms with van der Waals surface area (Å²) < 4.78 is 5.29. The Morgan fingerprint density at radius 1 is 1.32 bits per heavy atom. The highest BCUT2D eigenvalue weighted by atomic mass is 16.3. The molecule has 1 aromatic heterocycles. The molecule has 6 heteroatoms. The maximum atomic E-state index is 12.7.